The third-order valence-corrected chi connectivity index (χ3v) is 4.68. The minimum atomic E-state index is -3.74. The van der Waals surface area contributed by atoms with Crippen molar-refractivity contribution in [1.82, 2.24) is 5.32 Å². The molecule has 1 rings (SSSR count). The molecule has 1 heterocycles. The van der Waals surface area contributed by atoms with Crippen LogP contribution < -0.4 is 10.5 Å². The lowest BCUT2D eigenvalue weighted by atomic mass is 10.2. The van der Waals surface area contributed by atoms with Crippen molar-refractivity contribution < 1.29 is 13.2 Å². The lowest BCUT2D eigenvalue weighted by Gasteiger charge is -2.01. The van der Waals surface area contributed by atoms with Crippen LogP contribution in [-0.4, -0.2) is 20.9 Å². The molecule has 3 N–H and O–H groups in total. The van der Waals surface area contributed by atoms with Gasteiger partial charge in [-0.05, 0) is 19.4 Å². The molecule has 18 heavy (non-hydrogen) atoms. The predicted molar refractivity (Wildman–Crippen MR) is 72.3 cm³/mol. The number of sulfonamides is 1. The van der Waals surface area contributed by atoms with E-state index in [-0.39, 0.29) is 10.8 Å². The van der Waals surface area contributed by atoms with Gasteiger partial charge in [0.15, 0.2) is 0 Å². The maximum absolute atomic E-state index is 11.8. The summed E-state index contributed by atoms with van der Waals surface area (Å²) >= 11 is 1.14. The fraction of sp³-hybridized carbons (Fsp3) is 0.545. The molecular formula is C11H18N2O3S2. The molecule has 0 aromatic carbocycles. The van der Waals surface area contributed by atoms with Crippen LogP contribution in [0.3, 0.4) is 0 Å². The number of amides is 1. The van der Waals surface area contributed by atoms with Crippen LogP contribution in [0.15, 0.2) is 11.0 Å². The van der Waals surface area contributed by atoms with E-state index >= 15 is 0 Å². The van der Waals surface area contributed by atoms with E-state index < -0.39 is 10.0 Å². The minimum Gasteiger partial charge on any atom is -0.351 e. The Morgan fingerprint density at radius 1 is 1.44 bits per heavy atom. The van der Waals surface area contributed by atoms with Crippen LogP contribution in [-0.2, 0) is 10.0 Å². The van der Waals surface area contributed by atoms with Crippen molar-refractivity contribution in [3.05, 3.63) is 15.8 Å². The molecule has 0 saturated carbocycles. The average molecular weight is 290 g/mol. The zero-order valence-corrected chi connectivity index (χ0v) is 12.2. The number of unbranched alkanes of at least 4 members (excludes halogenated alkanes) is 2. The highest BCUT2D eigenvalue weighted by atomic mass is 32.2. The predicted octanol–water partition coefficient (Wildman–Crippen LogP) is 1.62. The van der Waals surface area contributed by atoms with E-state index in [4.69, 9.17) is 5.14 Å². The van der Waals surface area contributed by atoms with Gasteiger partial charge in [-0.2, -0.15) is 0 Å². The highest BCUT2D eigenvalue weighted by molar-refractivity contribution is 7.89. The number of nitrogens with one attached hydrogen (secondary N) is 1. The van der Waals surface area contributed by atoms with Crippen molar-refractivity contribution in [1.29, 1.82) is 0 Å². The Labute approximate surface area is 111 Å². The number of rotatable bonds is 6. The molecule has 1 aromatic heterocycles. The summed E-state index contributed by atoms with van der Waals surface area (Å²) in [6, 6.07) is 1.34. The third-order valence-electron chi connectivity index (χ3n) is 2.47. The first-order valence-corrected chi connectivity index (χ1v) is 8.14. The second-order valence-electron chi connectivity index (χ2n) is 4.04. The zero-order valence-electron chi connectivity index (χ0n) is 10.5. The maximum Gasteiger partial charge on any atom is 0.261 e. The van der Waals surface area contributed by atoms with E-state index in [0.717, 1.165) is 30.6 Å². The third kappa shape index (κ3) is 4.08. The monoisotopic (exact) mass is 290 g/mol. The van der Waals surface area contributed by atoms with Gasteiger partial charge in [0.05, 0.1) is 9.77 Å². The Balaban J connectivity index is 2.71. The van der Waals surface area contributed by atoms with Crippen molar-refractivity contribution in [2.45, 2.75) is 38.0 Å². The van der Waals surface area contributed by atoms with Crippen LogP contribution in [0.1, 0.15) is 40.7 Å². The normalized spacial score (nSPS) is 11.5. The van der Waals surface area contributed by atoms with E-state index in [2.05, 4.69) is 12.2 Å². The van der Waals surface area contributed by atoms with Gasteiger partial charge in [0.2, 0.25) is 10.0 Å². The van der Waals surface area contributed by atoms with Crippen LogP contribution in [0, 0.1) is 6.92 Å². The molecule has 0 aliphatic rings. The molecule has 0 atom stereocenters. The van der Waals surface area contributed by atoms with Crippen LogP contribution in [0.2, 0.25) is 0 Å². The summed E-state index contributed by atoms with van der Waals surface area (Å²) in [5.74, 6) is -0.242. The van der Waals surface area contributed by atoms with E-state index in [1.165, 1.54) is 6.07 Å². The van der Waals surface area contributed by atoms with Crippen molar-refractivity contribution in [2.24, 2.45) is 5.14 Å². The van der Waals surface area contributed by atoms with Gasteiger partial charge in [-0.25, -0.2) is 13.6 Å². The van der Waals surface area contributed by atoms with Gasteiger partial charge in [0.1, 0.15) is 0 Å². The molecule has 1 amide bonds. The molecule has 0 aliphatic carbocycles. The van der Waals surface area contributed by atoms with Gasteiger partial charge in [-0.3, -0.25) is 4.79 Å². The Bertz CT molecular complexity index is 520. The molecule has 0 radical (unpaired) electrons. The van der Waals surface area contributed by atoms with Gasteiger partial charge >= 0.3 is 0 Å². The molecule has 0 fully saturated rings. The summed E-state index contributed by atoms with van der Waals surface area (Å²) in [4.78, 5) is 12.7. The molecule has 5 nitrogen and oxygen atoms in total. The highest BCUT2D eigenvalue weighted by Gasteiger charge is 2.18. The van der Waals surface area contributed by atoms with Crippen LogP contribution >= 0.6 is 11.3 Å². The SMILES string of the molecule is CCCCCNC(=O)c1cc(S(N)(=O)=O)c(C)s1. The Morgan fingerprint density at radius 3 is 2.61 bits per heavy atom. The molecule has 0 unspecified atom stereocenters. The van der Waals surface area contributed by atoms with Crippen molar-refractivity contribution in [2.75, 3.05) is 6.54 Å². The first-order chi connectivity index (χ1) is 8.36. The summed E-state index contributed by atoms with van der Waals surface area (Å²) in [6.07, 6.45) is 3.07. The lowest BCUT2D eigenvalue weighted by molar-refractivity contribution is 0.0957. The van der Waals surface area contributed by atoms with Crippen LogP contribution in [0.5, 0.6) is 0 Å². The van der Waals surface area contributed by atoms with Gasteiger partial charge < -0.3 is 5.32 Å². The number of hydrogen-bond acceptors (Lipinski definition) is 4. The molecule has 0 spiro atoms. The molecule has 7 heteroatoms. The topological polar surface area (TPSA) is 89.3 Å². The lowest BCUT2D eigenvalue weighted by Crippen LogP contribution is -2.23. The smallest absolute Gasteiger partial charge is 0.261 e. The largest absolute Gasteiger partial charge is 0.351 e. The number of primary sulfonamides is 1. The zero-order chi connectivity index (χ0) is 13.8. The summed E-state index contributed by atoms with van der Waals surface area (Å²) in [7, 11) is -3.74. The van der Waals surface area contributed by atoms with Crippen LogP contribution in [0.25, 0.3) is 0 Å². The average Bonchev–Trinajstić information content (AvgIpc) is 2.66. The molecule has 0 bridgehead atoms. The summed E-state index contributed by atoms with van der Waals surface area (Å²) in [5, 5.41) is 7.82. The number of hydrogen-bond donors (Lipinski definition) is 2. The van der Waals surface area contributed by atoms with Crippen molar-refractivity contribution in [3.63, 3.8) is 0 Å². The second-order valence-corrected chi connectivity index (χ2v) is 6.83. The second kappa shape index (κ2) is 6.31. The van der Waals surface area contributed by atoms with Gasteiger partial charge in [-0.1, -0.05) is 19.8 Å². The highest BCUT2D eigenvalue weighted by Crippen LogP contribution is 2.24. The fourth-order valence-electron chi connectivity index (χ4n) is 1.52. The van der Waals surface area contributed by atoms with E-state index in [1.54, 1.807) is 6.92 Å². The summed E-state index contributed by atoms with van der Waals surface area (Å²) in [6.45, 7) is 4.33. The molecule has 0 aliphatic heterocycles. The molecular weight excluding hydrogens is 272 g/mol. The Hall–Kier alpha value is -0.920. The first kappa shape index (κ1) is 15.1. The van der Waals surface area contributed by atoms with Crippen LogP contribution in [0.4, 0.5) is 0 Å². The summed E-state index contributed by atoms with van der Waals surface area (Å²) < 4.78 is 22.5. The van der Waals surface area contributed by atoms with Gasteiger partial charge in [-0.15, -0.1) is 11.3 Å². The quantitative estimate of drug-likeness (QED) is 0.780. The molecule has 1 aromatic rings. The maximum atomic E-state index is 11.8. The van der Waals surface area contributed by atoms with E-state index in [9.17, 15) is 13.2 Å². The van der Waals surface area contributed by atoms with Crippen molar-refractivity contribution in [3.8, 4) is 0 Å². The van der Waals surface area contributed by atoms with E-state index in [1.807, 2.05) is 0 Å². The number of carbonyl (C=O) groups excluding carboxylic acids is 1. The minimum absolute atomic E-state index is 0.0335. The molecule has 102 valence electrons. The number of nitrogens with two attached hydrogens (primary N) is 1. The summed E-state index contributed by atoms with van der Waals surface area (Å²) in [5.41, 5.74) is 0. The van der Waals surface area contributed by atoms with Gasteiger partial charge in [0, 0.05) is 11.4 Å². The standard InChI is InChI=1S/C11H18N2O3S2/c1-3-4-5-6-13-11(14)9-7-10(8(2)17-9)18(12,15)16/h7H,3-6H2,1-2H3,(H,13,14)(H2,12,15,16). The Kier molecular flexibility index (Phi) is 5.30. The Morgan fingerprint density at radius 2 is 2.11 bits per heavy atom. The van der Waals surface area contributed by atoms with E-state index in [0.29, 0.717) is 16.3 Å². The molecule has 0 saturated heterocycles. The number of thiophene rings is 1. The van der Waals surface area contributed by atoms with Crippen molar-refractivity contribution >= 4 is 27.3 Å². The first-order valence-electron chi connectivity index (χ1n) is 5.77. The number of carbonyl (C=O) groups is 1. The fourth-order valence-corrected chi connectivity index (χ4v) is 3.59. The van der Waals surface area contributed by atoms with Gasteiger partial charge in [0.25, 0.3) is 5.91 Å². The number of aryl methyl sites for hydroxylation is 1.